The Morgan fingerprint density at radius 2 is 1.92 bits per heavy atom. The molecule has 0 amide bonds. The number of aryl methyl sites for hydroxylation is 2. The Hall–Kier alpha value is -1.04. The zero-order chi connectivity index (χ0) is 9.26. The molecule has 0 spiro atoms. The quantitative estimate of drug-likeness (QED) is 0.603. The summed E-state index contributed by atoms with van der Waals surface area (Å²) in [7, 11) is 0. The monoisotopic (exact) mass is 172 g/mol. The number of hydrogen-bond acceptors (Lipinski definition) is 0. The van der Waals surface area contributed by atoms with Gasteiger partial charge in [-0.2, -0.15) is 0 Å². The summed E-state index contributed by atoms with van der Waals surface area (Å²) in [5, 5.41) is 0. The van der Waals surface area contributed by atoms with Crippen molar-refractivity contribution < 1.29 is 0 Å². The van der Waals surface area contributed by atoms with E-state index in [1.807, 2.05) is 0 Å². The summed E-state index contributed by atoms with van der Waals surface area (Å²) in [6.45, 7) is 4.36. The van der Waals surface area contributed by atoms with E-state index >= 15 is 0 Å². The molecule has 0 heteroatoms. The third-order valence-corrected chi connectivity index (χ3v) is 2.92. The lowest BCUT2D eigenvalue weighted by molar-refractivity contribution is 0.935. The van der Waals surface area contributed by atoms with Crippen molar-refractivity contribution in [1.82, 2.24) is 0 Å². The third kappa shape index (κ3) is 1.67. The van der Waals surface area contributed by atoms with Crippen LogP contribution in [0.4, 0.5) is 0 Å². The molecule has 13 heavy (non-hydrogen) atoms. The fraction of sp³-hybridized carbons (Fsp3) is 0.385. The van der Waals surface area contributed by atoms with Gasteiger partial charge in [0.25, 0.3) is 0 Å². The first kappa shape index (κ1) is 8.55. The van der Waals surface area contributed by atoms with Crippen LogP contribution in [0.25, 0.3) is 5.57 Å². The van der Waals surface area contributed by atoms with Crippen LogP contribution in [0.1, 0.15) is 36.0 Å². The van der Waals surface area contributed by atoms with Gasteiger partial charge in [-0.05, 0) is 55.4 Å². The van der Waals surface area contributed by atoms with E-state index < -0.39 is 0 Å². The first-order valence-electron chi connectivity index (χ1n) is 5.04. The Bertz CT molecular complexity index is 345. The molecule has 0 aromatic heterocycles. The summed E-state index contributed by atoms with van der Waals surface area (Å²) >= 11 is 0. The first-order valence-corrected chi connectivity index (χ1v) is 5.04. The van der Waals surface area contributed by atoms with Gasteiger partial charge in [-0.3, -0.25) is 0 Å². The SMILES string of the molecule is Cc1ccc(C2=CCCC2)cc1C. The topological polar surface area (TPSA) is 0 Å². The summed E-state index contributed by atoms with van der Waals surface area (Å²) in [5.74, 6) is 0. The van der Waals surface area contributed by atoms with Gasteiger partial charge in [0.05, 0.1) is 0 Å². The van der Waals surface area contributed by atoms with E-state index in [0.29, 0.717) is 0 Å². The average Bonchev–Trinajstić information content (AvgIpc) is 2.62. The maximum absolute atomic E-state index is 2.38. The maximum atomic E-state index is 2.38. The highest BCUT2D eigenvalue weighted by molar-refractivity contribution is 5.67. The van der Waals surface area contributed by atoms with Crippen LogP contribution in [-0.2, 0) is 0 Å². The molecule has 2 rings (SSSR count). The number of rotatable bonds is 1. The predicted molar refractivity (Wildman–Crippen MR) is 57.7 cm³/mol. The summed E-state index contributed by atoms with van der Waals surface area (Å²) in [6, 6.07) is 6.79. The molecule has 0 saturated heterocycles. The average molecular weight is 172 g/mol. The Labute approximate surface area is 80.3 Å². The molecule has 0 fully saturated rings. The number of hydrogen-bond donors (Lipinski definition) is 0. The predicted octanol–water partition coefficient (Wildman–Crippen LogP) is 3.87. The van der Waals surface area contributed by atoms with Gasteiger partial charge in [0.15, 0.2) is 0 Å². The van der Waals surface area contributed by atoms with Crippen molar-refractivity contribution in [3.05, 3.63) is 41.0 Å². The van der Waals surface area contributed by atoms with Gasteiger partial charge < -0.3 is 0 Å². The fourth-order valence-electron chi connectivity index (χ4n) is 1.87. The molecule has 1 aliphatic rings. The second-order valence-corrected chi connectivity index (χ2v) is 3.92. The minimum Gasteiger partial charge on any atom is -0.0807 e. The molecule has 0 nitrogen and oxygen atoms in total. The van der Waals surface area contributed by atoms with Crippen molar-refractivity contribution in [2.24, 2.45) is 0 Å². The summed E-state index contributed by atoms with van der Waals surface area (Å²) in [5.41, 5.74) is 5.77. The molecule has 0 bridgehead atoms. The smallest absolute Gasteiger partial charge is 0.0225 e. The van der Waals surface area contributed by atoms with Crippen molar-refractivity contribution in [3.8, 4) is 0 Å². The van der Waals surface area contributed by atoms with E-state index in [4.69, 9.17) is 0 Å². The molecule has 1 aromatic rings. The lowest BCUT2D eigenvalue weighted by Gasteiger charge is -2.05. The van der Waals surface area contributed by atoms with Crippen LogP contribution in [0, 0.1) is 13.8 Å². The van der Waals surface area contributed by atoms with Gasteiger partial charge in [0.2, 0.25) is 0 Å². The summed E-state index contributed by atoms with van der Waals surface area (Å²) in [6.07, 6.45) is 6.25. The molecule has 1 aliphatic carbocycles. The zero-order valence-corrected chi connectivity index (χ0v) is 8.43. The summed E-state index contributed by atoms with van der Waals surface area (Å²) in [4.78, 5) is 0. The minimum atomic E-state index is 1.27. The molecule has 0 aliphatic heterocycles. The molecule has 0 saturated carbocycles. The lowest BCUT2D eigenvalue weighted by atomic mass is 10.0. The van der Waals surface area contributed by atoms with Gasteiger partial charge in [-0.15, -0.1) is 0 Å². The number of allylic oxidation sites excluding steroid dienone is 2. The zero-order valence-electron chi connectivity index (χ0n) is 8.43. The van der Waals surface area contributed by atoms with Gasteiger partial charge >= 0.3 is 0 Å². The third-order valence-electron chi connectivity index (χ3n) is 2.92. The molecule has 0 unspecified atom stereocenters. The molecular weight excluding hydrogens is 156 g/mol. The van der Waals surface area contributed by atoms with Gasteiger partial charge in [0.1, 0.15) is 0 Å². The first-order chi connectivity index (χ1) is 6.27. The van der Waals surface area contributed by atoms with Crippen LogP contribution in [0.15, 0.2) is 24.3 Å². The van der Waals surface area contributed by atoms with Crippen LogP contribution in [0.2, 0.25) is 0 Å². The lowest BCUT2D eigenvalue weighted by Crippen LogP contribution is -1.85. The summed E-state index contributed by atoms with van der Waals surface area (Å²) < 4.78 is 0. The second-order valence-electron chi connectivity index (χ2n) is 3.92. The van der Waals surface area contributed by atoms with Gasteiger partial charge in [-0.1, -0.05) is 24.3 Å². The highest BCUT2D eigenvalue weighted by Gasteiger charge is 2.07. The van der Waals surface area contributed by atoms with Crippen molar-refractivity contribution in [1.29, 1.82) is 0 Å². The van der Waals surface area contributed by atoms with Crippen molar-refractivity contribution >= 4 is 5.57 Å². The molecule has 0 N–H and O–H groups in total. The molecule has 1 aromatic carbocycles. The van der Waals surface area contributed by atoms with E-state index in [1.54, 1.807) is 5.57 Å². The van der Waals surface area contributed by atoms with Crippen molar-refractivity contribution in [2.45, 2.75) is 33.1 Å². The van der Waals surface area contributed by atoms with E-state index in [0.717, 1.165) is 0 Å². The van der Waals surface area contributed by atoms with Gasteiger partial charge in [0, 0.05) is 0 Å². The molecule has 68 valence electrons. The largest absolute Gasteiger partial charge is 0.0807 e. The van der Waals surface area contributed by atoms with Crippen molar-refractivity contribution in [3.63, 3.8) is 0 Å². The van der Waals surface area contributed by atoms with Crippen LogP contribution < -0.4 is 0 Å². The standard InChI is InChI=1S/C13H16/c1-10-7-8-13(9-11(10)2)12-5-3-4-6-12/h5,7-9H,3-4,6H2,1-2H3. The van der Waals surface area contributed by atoms with Crippen LogP contribution in [0.5, 0.6) is 0 Å². The Kier molecular flexibility index (Phi) is 2.22. The molecule has 0 atom stereocenters. The Balaban J connectivity index is 2.36. The number of benzene rings is 1. The fourth-order valence-corrected chi connectivity index (χ4v) is 1.87. The van der Waals surface area contributed by atoms with E-state index in [1.165, 1.54) is 36.0 Å². The second kappa shape index (κ2) is 3.37. The Morgan fingerprint density at radius 1 is 1.08 bits per heavy atom. The van der Waals surface area contributed by atoms with E-state index in [-0.39, 0.29) is 0 Å². The molecule has 0 heterocycles. The van der Waals surface area contributed by atoms with Crippen molar-refractivity contribution in [2.75, 3.05) is 0 Å². The van der Waals surface area contributed by atoms with Crippen LogP contribution in [-0.4, -0.2) is 0 Å². The van der Waals surface area contributed by atoms with Crippen LogP contribution >= 0.6 is 0 Å². The van der Waals surface area contributed by atoms with Crippen LogP contribution in [0.3, 0.4) is 0 Å². The highest BCUT2D eigenvalue weighted by atomic mass is 14.1. The highest BCUT2D eigenvalue weighted by Crippen LogP contribution is 2.28. The van der Waals surface area contributed by atoms with E-state index in [9.17, 15) is 0 Å². The Morgan fingerprint density at radius 3 is 2.54 bits per heavy atom. The molecular formula is C13H16. The van der Waals surface area contributed by atoms with Gasteiger partial charge in [-0.25, -0.2) is 0 Å². The minimum absolute atomic E-state index is 1.27. The van der Waals surface area contributed by atoms with E-state index in [2.05, 4.69) is 38.1 Å². The normalized spacial score (nSPS) is 16.0. The molecule has 0 radical (unpaired) electrons. The maximum Gasteiger partial charge on any atom is -0.0225 e.